The fraction of sp³-hybridized carbons (Fsp3) is 0. The van der Waals surface area contributed by atoms with Crippen LogP contribution in [0.5, 0.6) is 0 Å². The van der Waals surface area contributed by atoms with Gasteiger partial charge < -0.3 is 14.2 Å². The van der Waals surface area contributed by atoms with Gasteiger partial charge in [0.2, 0.25) is 5.89 Å². The summed E-state index contributed by atoms with van der Waals surface area (Å²) in [7, 11) is 0. The number of hydrogen-bond acceptors (Lipinski definition) is 8. The number of nitrogens with one attached hydrogen (secondary N) is 2. The minimum absolute atomic E-state index is 0.00313. The maximum absolute atomic E-state index is 12.6. The second-order valence-corrected chi connectivity index (χ2v) is 7.71. The number of nitro benzene ring substituents is 1. The van der Waals surface area contributed by atoms with Crippen molar-refractivity contribution in [1.82, 2.24) is 15.3 Å². The predicted octanol–water partition coefficient (Wildman–Crippen LogP) is 5.18. The molecule has 172 valence electrons. The largest absolute Gasteiger partial charge is 0.451 e. The van der Waals surface area contributed by atoms with Gasteiger partial charge in [0.1, 0.15) is 5.76 Å². The molecule has 10 nitrogen and oxygen atoms in total. The summed E-state index contributed by atoms with van der Waals surface area (Å²) in [6.45, 7) is 0. The number of hydrogen-bond donors (Lipinski definition) is 2. The van der Waals surface area contributed by atoms with Crippen molar-refractivity contribution in [1.29, 1.82) is 0 Å². The zero-order valence-corrected chi connectivity index (χ0v) is 18.6. The molecule has 0 fully saturated rings. The Morgan fingerprint density at radius 1 is 0.971 bits per heavy atom. The molecule has 0 bridgehead atoms. The van der Waals surface area contributed by atoms with Crippen LogP contribution in [0, 0.1) is 10.1 Å². The van der Waals surface area contributed by atoms with Crippen molar-refractivity contribution in [3.63, 3.8) is 0 Å². The van der Waals surface area contributed by atoms with Gasteiger partial charge in [0.15, 0.2) is 22.1 Å². The number of furan rings is 1. The monoisotopic (exact) mass is 485 g/mol. The molecule has 2 N–H and O–H groups in total. The number of amides is 1. The lowest BCUT2D eigenvalue weighted by atomic mass is 10.1. The molecule has 0 aliphatic heterocycles. The number of fused-ring (bicyclic) bond motifs is 1. The van der Waals surface area contributed by atoms with Crippen molar-refractivity contribution in [3.05, 3.63) is 94.9 Å². The van der Waals surface area contributed by atoms with E-state index in [-0.39, 0.29) is 16.6 Å². The molecule has 35 heavy (non-hydrogen) atoms. The average molecular weight is 485 g/mol. The van der Waals surface area contributed by atoms with E-state index in [0.29, 0.717) is 39.7 Å². The highest BCUT2D eigenvalue weighted by atomic mass is 32.1. The number of carbonyl (C=O) groups is 1. The van der Waals surface area contributed by atoms with Crippen LogP contribution in [0.15, 0.2) is 87.8 Å². The van der Waals surface area contributed by atoms with E-state index in [1.54, 1.807) is 54.7 Å². The number of nitrogens with zero attached hydrogens (tertiary/aromatic N) is 3. The third-order valence-electron chi connectivity index (χ3n) is 4.93. The molecule has 0 unspecified atom stereocenters. The van der Waals surface area contributed by atoms with Crippen LogP contribution in [0.1, 0.15) is 10.6 Å². The number of pyridine rings is 1. The van der Waals surface area contributed by atoms with Gasteiger partial charge in [0.05, 0.1) is 4.92 Å². The second kappa shape index (κ2) is 9.15. The average Bonchev–Trinajstić information content (AvgIpc) is 3.52. The molecular formula is C24H15N5O5S. The molecule has 2 aromatic carbocycles. The summed E-state index contributed by atoms with van der Waals surface area (Å²) < 4.78 is 11.3. The van der Waals surface area contributed by atoms with Gasteiger partial charge in [-0.3, -0.25) is 20.2 Å². The highest BCUT2D eigenvalue weighted by molar-refractivity contribution is 7.80. The highest BCUT2D eigenvalue weighted by Gasteiger charge is 2.16. The van der Waals surface area contributed by atoms with Gasteiger partial charge in [-0.05, 0) is 54.7 Å². The number of oxazole rings is 1. The number of aromatic nitrogens is 2. The van der Waals surface area contributed by atoms with Crippen molar-refractivity contribution in [2.24, 2.45) is 0 Å². The third-order valence-corrected chi connectivity index (χ3v) is 5.13. The van der Waals surface area contributed by atoms with Gasteiger partial charge in [-0.15, -0.1) is 0 Å². The topological polar surface area (TPSA) is 136 Å². The van der Waals surface area contributed by atoms with E-state index in [0.717, 1.165) is 0 Å². The number of anilines is 1. The Hall–Kier alpha value is -4.90. The fourth-order valence-corrected chi connectivity index (χ4v) is 3.55. The van der Waals surface area contributed by atoms with Crippen LogP contribution in [-0.2, 0) is 0 Å². The van der Waals surface area contributed by atoms with Crippen molar-refractivity contribution < 1.29 is 18.6 Å². The van der Waals surface area contributed by atoms with Crippen molar-refractivity contribution in [2.75, 3.05) is 5.32 Å². The molecule has 0 aliphatic rings. The SMILES string of the molecule is O=C(NC(=S)Nc1cccc(-c2nc3ncccc3o2)c1)c1ccc(-c2cccc([N+](=O)[O-])c2)o1. The molecule has 0 aliphatic carbocycles. The maximum atomic E-state index is 12.6. The van der Waals surface area contributed by atoms with Crippen LogP contribution in [-0.4, -0.2) is 25.9 Å². The molecule has 1 amide bonds. The number of rotatable bonds is 5. The fourth-order valence-electron chi connectivity index (χ4n) is 3.34. The number of thiocarbonyl (C=S) groups is 1. The van der Waals surface area contributed by atoms with Crippen LogP contribution in [0.4, 0.5) is 11.4 Å². The summed E-state index contributed by atoms with van der Waals surface area (Å²) in [5, 5.41) is 16.5. The molecule has 5 aromatic rings. The van der Waals surface area contributed by atoms with Gasteiger partial charge in [-0.1, -0.05) is 18.2 Å². The standard InChI is InChI=1S/C24H15N5O5S/c30-22(20-10-9-18(33-20)14-4-2-7-17(13-14)29(31)32)28-24(35)26-16-6-1-5-15(12-16)23-27-21-19(34-23)8-3-11-25-21/h1-13H,(H2,26,28,30,35). The number of carbonyl (C=O) groups excluding carboxylic acids is 1. The Kier molecular flexibility index (Phi) is 5.73. The minimum Gasteiger partial charge on any atom is -0.451 e. The summed E-state index contributed by atoms with van der Waals surface area (Å²) in [4.78, 5) is 31.6. The first-order chi connectivity index (χ1) is 17.0. The van der Waals surface area contributed by atoms with Crippen LogP contribution >= 0.6 is 12.2 Å². The Morgan fingerprint density at radius 3 is 2.63 bits per heavy atom. The van der Waals surface area contributed by atoms with Crippen LogP contribution < -0.4 is 10.6 Å². The molecule has 0 saturated heterocycles. The zero-order chi connectivity index (χ0) is 24.4. The van der Waals surface area contributed by atoms with Crippen LogP contribution in [0.2, 0.25) is 0 Å². The summed E-state index contributed by atoms with van der Waals surface area (Å²) in [6.07, 6.45) is 1.64. The molecule has 0 radical (unpaired) electrons. The second-order valence-electron chi connectivity index (χ2n) is 7.30. The van der Waals surface area contributed by atoms with E-state index in [9.17, 15) is 14.9 Å². The summed E-state index contributed by atoms with van der Waals surface area (Å²) in [5.41, 5.74) is 2.80. The summed E-state index contributed by atoms with van der Waals surface area (Å²) in [6, 6.07) is 19.7. The molecule has 0 atom stereocenters. The zero-order valence-electron chi connectivity index (χ0n) is 17.8. The van der Waals surface area contributed by atoms with Crippen LogP contribution in [0.3, 0.4) is 0 Å². The van der Waals surface area contributed by atoms with Crippen LogP contribution in [0.25, 0.3) is 34.0 Å². The minimum atomic E-state index is -0.569. The van der Waals surface area contributed by atoms with Gasteiger partial charge in [0, 0.05) is 35.1 Å². The quantitative estimate of drug-likeness (QED) is 0.196. The van der Waals surface area contributed by atoms with Gasteiger partial charge in [-0.25, -0.2) is 4.98 Å². The Balaban J connectivity index is 1.26. The number of non-ortho nitro benzene ring substituents is 1. The predicted molar refractivity (Wildman–Crippen MR) is 132 cm³/mol. The first-order valence-electron chi connectivity index (χ1n) is 10.3. The van der Waals surface area contributed by atoms with Gasteiger partial charge >= 0.3 is 0 Å². The lowest BCUT2D eigenvalue weighted by molar-refractivity contribution is -0.384. The molecule has 5 rings (SSSR count). The molecular weight excluding hydrogens is 470 g/mol. The number of nitro groups is 1. The summed E-state index contributed by atoms with van der Waals surface area (Å²) in [5.74, 6) is 0.156. The maximum Gasteiger partial charge on any atom is 0.293 e. The normalized spacial score (nSPS) is 10.7. The lowest BCUT2D eigenvalue weighted by Crippen LogP contribution is -2.33. The van der Waals surface area contributed by atoms with E-state index >= 15 is 0 Å². The van der Waals surface area contributed by atoms with Crippen molar-refractivity contribution >= 4 is 45.8 Å². The smallest absolute Gasteiger partial charge is 0.293 e. The van der Waals surface area contributed by atoms with Crippen molar-refractivity contribution in [2.45, 2.75) is 0 Å². The Bertz CT molecular complexity index is 1560. The first-order valence-corrected chi connectivity index (χ1v) is 10.7. The third kappa shape index (κ3) is 4.75. The van der Waals surface area contributed by atoms with E-state index in [2.05, 4.69) is 20.6 Å². The van der Waals surface area contributed by atoms with E-state index in [1.807, 2.05) is 6.07 Å². The Labute approximate surface area is 202 Å². The molecule has 0 spiro atoms. The van der Waals surface area contributed by atoms with Crippen molar-refractivity contribution in [3.8, 4) is 22.8 Å². The molecule has 3 aromatic heterocycles. The first kappa shape index (κ1) is 21.9. The highest BCUT2D eigenvalue weighted by Crippen LogP contribution is 2.27. The molecule has 11 heteroatoms. The molecule has 0 saturated carbocycles. The summed E-state index contributed by atoms with van der Waals surface area (Å²) >= 11 is 5.26. The van der Waals surface area contributed by atoms with E-state index < -0.39 is 10.8 Å². The molecule has 3 heterocycles. The lowest BCUT2D eigenvalue weighted by Gasteiger charge is -2.09. The van der Waals surface area contributed by atoms with Gasteiger partial charge in [0.25, 0.3) is 11.6 Å². The van der Waals surface area contributed by atoms with E-state index in [4.69, 9.17) is 21.1 Å². The van der Waals surface area contributed by atoms with Gasteiger partial charge in [-0.2, -0.15) is 4.98 Å². The Morgan fingerprint density at radius 2 is 1.80 bits per heavy atom. The van der Waals surface area contributed by atoms with E-state index in [1.165, 1.54) is 18.2 Å². The number of benzene rings is 2.